The van der Waals surface area contributed by atoms with E-state index in [2.05, 4.69) is 45.9 Å². The van der Waals surface area contributed by atoms with Crippen molar-refractivity contribution in [2.75, 3.05) is 13.9 Å². The number of furan rings is 1. The number of hydrogen-bond acceptors (Lipinski definition) is 4. The van der Waals surface area contributed by atoms with Gasteiger partial charge in [0.25, 0.3) is 0 Å². The van der Waals surface area contributed by atoms with Gasteiger partial charge in [0.05, 0.1) is 0 Å². The molecule has 0 aliphatic rings. The number of benzene rings is 2. The van der Waals surface area contributed by atoms with Gasteiger partial charge in [-0.2, -0.15) is 0 Å². The van der Waals surface area contributed by atoms with Crippen molar-refractivity contribution in [1.82, 2.24) is 0 Å². The van der Waals surface area contributed by atoms with Crippen molar-refractivity contribution in [3.05, 3.63) is 59.4 Å². The highest BCUT2D eigenvalue weighted by Crippen LogP contribution is 2.41. The fourth-order valence-corrected chi connectivity index (χ4v) is 3.60. The molecule has 5 heteroatoms. The third-order valence-corrected chi connectivity index (χ3v) is 5.24. The van der Waals surface area contributed by atoms with Crippen molar-refractivity contribution in [2.24, 2.45) is 0 Å². The molecule has 0 aliphatic heterocycles. The number of carbonyl (C=O) groups is 1. The molecule has 3 rings (SSSR count). The van der Waals surface area contributed by atoms with Crippen molar-refractivity contribution >= 4 is 22.5 Å². The van der Waals surface area contributed by atoms with Crippen LogP contribution in [0.1, 0.15) is 51.5 Å². The number of rotatable bonds is 7. The molecule has 164 valence electrons. The van der Waals surface area contributed by atoms with E-state index in [1.54, 1.807) is 14.0 Å². The van der Waals surface area contributed by atoms with Crippen LogP contribution in [0.5, 0.6) is 5.75 Å². The van der Waals surface area contributed by atoms with Gasteiger partial charge < -0.3 is 19.0 Å². The summed E-state index contributed by atoms with van der Waals surface area (Å²) in [6.45, 7) is 10.6. The zero-order valence-corrected chi connectivity index (χ0v) is 19.0. The van der Waals surface area contributed by atoms with Gasteiger partial charge in [-0.3, -0.25) is 0 Å². The smallest absolute Gasteiger partial charge is 0.328 e. The van der Waals surface area contributed by atoms with Crippen molar-refractivity contribution in [1.29, 1.82) is 0 Å². The summed E-state index contributed by atoms with van der Waals surface area (Å²) in [4.78, 5) is 11.0. The minimum absolute atomic E-state index is 0.103. The fourth-order valence-electron chi connectivity index (χ4n) is 3.60. The molecule has 5 nitrogen and oxygen atoms in total. The Kier molecular flexibility index (Phi) is 6.56. The standard InChI is InChI=1S/C26H30O5/c1-7-17-11-20(25(30-15-29-6)21(12-17)26(3,4)5)18-8-9-22-19(13-18)14-23(31-22)16(2)10-24(27)28/h8-14H,7,15H2,1-6H3,(H,27,28)/b16-10-. The molecule has 0 amide bonds. The van der Waals surface area contributed by atoms with Gasteiger partial charge in [0.1, 0.15) is 17.1 Å². The van der Waals surface area contributed by atoms with Crippen molar-refractivity contribution in [3.8, 4) is 16.9 Å². The van der Waals surface area contributed by atoms with Crippen LogP contribution in [0.4, 0.5) is 0 Å². The normalized spacial score (nSPS) is 12.4. The Labute approximate surface area is 183 Å². The van der Waals surface area contributed by atoms with Gasteiger partial charge in [-0.05, 0) is 59.7 Å². The van der Waals surface area contributed by atoms with Gasteiger partial charge in [0, 0.05) is 29.7 Å². The molecule has 2 aromatic carbocycles. The zero-order chi connectivity index (χ0) is 22.8. The number of allylic oxidation sites excluding steroid dienone is 1. The number of carboxylic acid groups (broad SMARTS) is 1. The molecule has 0 unspecified atom stereocenters. The van der Waals surface area contributed by atoms with Crippen molar-refractivity contribution in [2.45, 2.75) is 46.5 Å². The topological polar surface area (TPSA) is 68.9 Å². The third kappa shape index (κ3) is 5.00. The van der Waals surface area contributed by atoms with Crippen LogP contribution in [0.2, 0.25) is 0 Å². The van der Waals surface area contributed by atoms with E-state index in [9.17, 15) is 4.79 Å². The number of aryl methyl sites for hydroxylation is 1. The van der Waals surface area contributed by atoms with E-state index < -0.39 is 5.97 Å². The summed E-state index contributed by atoms with van der Waals surface area (Å²) >= 11 is 0. The van der Waals surface area contributed by atoms with Crippen LogP contribution in [0.3, 0.4) is 0 Å². The largest absolute Gasteiger partial charge is 0.478 e. The van der Waals surface area contributed by atoms with Crippen molar-refractivity contribution < 1.29 is 23.8 Å². The minimum atomic E-state index is -0.996. The minimum Gasteiger partial charge on any atom is -0.478 e. The molecule has 0 atom stereocenters. The second-order valence-corrected chi connectivity index (χ2v) is 8.70. The SMILES string of the molecule is CCc1cc(-c2ccc3oc(/C(C)=C\C(=O)O)cc3c2)c(OCOC)c(C(C)(C)C)c1. The first-order valence-corrected chi connectivity index (χ1v) is 10.4. The molecule has 0 fully saturated rings. The van der Waals surface area contributed by atoms with Crippen LogP contribution in [0.25, 0.3) is 27.7 Å². The van der Waals surface area contributed by atoms with E-state index in [0.717, 1.165) is 40.3 Å². The maximum atomic E-state index is 11.0. The highest BCUT2D eigenvalue weighted by Gasteiger charge is 2.24. The predicted octanol–water partition coefficient (Wildman–Crippen LogP) is 6.43. The van der Waals surface area contributed by atoms with Crippen LogP contribution >= 0.6 is 0 Å². The lowest BCUT2D eigenvalue weighted by Gasteiger charge is -2.26. The predicted molar refractivity (Wildman–Crippen MR) is 124 cm³/mol. The molecule has 1 heterocycles. The van der Waals surface area contributed by atoms with Gasteiger partial charge in [0.15, 0.2) is 6.79 Å². The van der Waals surface area contributed by atoms with Crippen LogP contribution in [0, 0.1) is 0 Å². The molecule has 31 heavy (non-hydrogen) atoms. The molecular weight excluding hydrogens is 392 g/mol. The lowest BCUT2D eigenvalue weighted by Crippen LogP contribution is -2.15. The van der Waals surface area contributed by atoms with Crippen LogP contribution in [0.15, 0.2) is 46.9 Å². The van der Waals surface area contributed by atoms with E-state index in [1.807, 2.05) is 18.2 Å². The monoisotopic (exact) mass is 422 g/mol. The quantitative estimate of drug-likeness (QED) is 0.351. The van der Waals surface area contributed by atoms with Crippen LogP contribution in [-0.2, 0) is 21.4 Å². The molecular formula is C26H30O5. The summed E-state index contributed by atoms with van der Waals surface area (Å²) in [6, 6.07) is 12.2. The van der Waals surface area contributed by atoms with Gasteiger partial charge in [-0.25, -0.2) is 4.79 Å². The van der Waals surface area contributed by atoms with E-state index in [1.165, 1.54) is 5.56 Å². The molecule has 0 radical (unpaired) electrons. The average Bonchev–Trinajstić information content (AvgIpc) is 3.14. The van der Waals surface area contributed by atoms with Crippen molar-refractivity contribution in [3.63, 3.8) is 0 Å². The Hall–Kier alpha value is -3.05. The van der Waals surface area contributed by atoms with Crippen LogP contribution < -0.4 is 4.74 Å². The van der Waals surface area contributed by atoms with Gasteiger partial charge in [0.2, 0.25) is 0 Å². The molecule has 0 spiro atoms. The molecule has 1 N–H and O–H groups in total. The number of aliphatic carboxylic acids is 1. The highest BCUT2D eigenvalue weighted by molar-refractivity contribution is 5.92. The van der Waals surface area contributed by atoms with E-state index >= 15 is 0 Å². The summed E-state index contributed by atoms with van der Waals surface area (Å²) < 4.78 is 17.1. The molecule has 0 bridgehead atoms. The van der Waals surface area contributed by atoms with Gasteiger partial charge >= 0.3 is 5.97 Å². The first kappa shape index (κ1) is 22.6. The van der Waals surface area contributed by atoms with E-state index in [4.69, 9.17) is 19.0 Å². The Morgan fingerprint density at radius 1 is 1.16 bits per heavy atom. The fraction of sp³-hybridized carbons (Fsp3) is 0.346. The number of ether oxygens (including phenoxy) is 2. The first-order chi connectivity index (χ1) is 14.6. The Morgan fingerprint density at radius 3 is 2.52 bits per heavy atom. The maximum absolute atomic E-state index is 11.0. The molecule has 1 aromatic heterocycles. The summed E-state index contributed by atoms with van der Waals surface area (Å²) in [5, 5.41) is 9.92. The number of fused-ring (bicyclic) bond motifs is 1. The second-order valence-electron chi connectivity index (χ2n) is 8.70. The summed E-state index contributed by atoms with van der Waals surface area (Å²) in [5.74, 6) is 0.365. The molecule has 3 aromatic rings. The molecule has 0 saturated heterocycles. The average molecular weight is 423 g/mol. The van der Waals surface area contributed by atoms with Gasteiger partial charge in [-0.1, -0.05) is 39.8 Å². The summed E-state index contributed by atoms with van der Waals surface area (Å²) in [7, 11) is 1.61. The Bertz CT molecular complexity index is 1130. The second kappa shape index (κ2) is 8.98. The summed E-state index contributed by atoms with van der Waals surface area (Å²) in [5.41, 5.74) is 5.55. The molecule has 0 saturated carbocycles. The number of methoxy groups -OCH3 is 1. The van der Waals surface area contributed by atoms with Crippen LogP contribution in [-0.4, -0.2) is 25.0 Å². The zero-order valence-electron chi connectivity index (χ0n) is 19.0. The Morgan fingerprint density at radius 2 is 1.90 bits per heavy atom. The first-order valence-electron chi connectivity index (χ1n) is 10.4. The third-order valence-electron chi connectivity index (χ3n) is 5.24. The van der Waals surface area contributed by atoms with E-state index in [-0.39, 0.29) is 12.2 Å². The highest BCUT2D eigenvalue weighted by atomic mass is 16.7. The number of hydrogen-bond donors (Lipinski definition) is 1. The van der Waals surface area contributed by atoms with E-state index in [0.29, 0.717) is 16.9 Å². The number of carboxylic acids is 1. The summed E-state index contributed by atoms with van der Waals surface area (Å²) in [6.07, 6.45) is 2.06. The lowest BCUT2D eigenvalue weighted by molar-refractivity contribution is -0.131. The lowest BCUT2D eigenvalue weighted by atomic mass is 9.82. The molecule has 0 aliphatic carbocycles. The maximum Gasteiger partial charge on any atom is 0.328 e. The van der Waals surface area contributed by atoms with Gasteiger partial charge in [-0.15, -0.1) is 0 Å². The Balaban J connectivity index is 2.19.